The van der Waals surface area contributed by atoms with Crippen molar-refractivity contribution in [2.75, 3.05) is 32.8 Å². The number of hydrogen-bond acceptors (Lipinski definition) is 3. The molecule has 1 aliphatic heterocycles. The topological polar surface area (TPSA) is 49.7 Å². The van der Waals surface area contributed by atoms with E-state index in [0.717, 1.165) is 37.3 Å². The van der Waals surface area contributed by atoms with Crippen LogP contribution in [0.4, 0.5) is 0 Å². The summed E-state index contributed by atoms with van der Waals surface area (Å²) in [5.74, 6) is 1.29. The van der Waals surface area contributed by atoms with Crippen molar-refractivity contribution >= 4 is 11.6 Å². The van der Waals surface area contributed by atoms with Gasteiger partial charge >= 0.3 is 0 Å². The number of carbonyl (C=O) groups excluding carboxylic acids is 1. The summed E-state index contributed by atoms with van der Waals surface area (Å²) in [6.07, 6.45) is 21.5. The highest BCUT2D eigenvalue weighted by atomic mass is 16.3. The number of aliphatic hydroxyl groups is 1. The predicted molar refractivity (Wildman–Crippen MR) is 145 cm³/mol. The largest absolute Gasteiger partial charge is 0.390 e. The van der Waals surface area contributed by atoms with E-state index in [1.54, 1.807) is 0 Å². The standard InChI is InChI=1S/C30H51N2O2/c1-2-3-4-5-6-7-8-9-10-11-12-13-14-15-19-22-30-31-23-24-32(30,25-26-33)27-29(34)28-20-17-16-18-21-28/h16-18,20-21,33H,2-15,19,22-27H2,1H3/q+1. The second kappa shape index (κ2) is 17.8. The summed E-state index contributed by atoms with van der Waals surface area (Å²) >= 11 is 0. The average molecular weight is 472 g/mol. The highest BCUT2D eigenvalue weighted by molar-refractivity contribution is 5.98. The Morgan fingerprint density at radius 2 is 1.35 bits per heavy atom. The van der Waals surface area contributed by atoms with Crippen LogP contribution in [0, 0.1) is 0 Å². The third-order valence-corrected chi connectivity index (χ3v) is 7.44. The van der Waals surface area contributed by atoms with Crippen LogP contribution in [-0.4, -0.2) is 54.0 Å². The number of Topliss-reactive ketones (excluding diaryl/α,β-unsaturated/α-hetero) is 1. The lowest BCUT2D eigenvalue weighted by atomic mass is 10.0. The maximum absolute atomic E-state index is 12.9. The monoisotopic (exact) mass is 471 g/mol. The molecule has 0 saturated carbocycles. The molecule has 0 radical (unpaired) electrons. The Kier molecular flexibility index (Phi) is 15.1. The van der Waals surface area contributed by atoms with Gasteiger partial charge in [0.05, 0.1) is 13.2 Å². The van der Waals surface area contributed by atoms with Crippen molar-refractivity contribution in [3.05, 3.63) is 35.9 Å². The molecule has 1 aliphatic rings. The zero-order chi connectivity index (χ0) is 24.3. The summed E-state index contributed by atoms with van der Waals surface area (Å²) < 4.78 is 0.558. The van der Waals surface area contributed by atoms with Crippen LogP contribution in [0.3, 0.4) is 0 Å². The number of carbonyl (C=O) groups is 1. The van der Waals surface area contributed by atoms with Gasteiger partial charge in [-0.1, -0.05) is 127 Å². The molecular weight excluding hydrogens is 420 g/mol. The molecule has 1 unspecified atom stereocenters. The Balaban J connectivity index is 1.56. The van der Waals surface area contributed by atoms with Crippen molar-refractivity contribution in [2.24, 2.45) is 4.99 Å². The molecule has 1 atom stereocenters. The second-order valence-corrected chi connectivity index (χ2v) is 10.3. The van der Waals surface area contributed by atoms with E-state index in [1.807, 2.05) is 30.3 Å². The van der Waals surface area contributed by atoms with Gasteiger partial charge < -0.3 is 5.11 Å². The van der Waals surface area contributed by atoms with E-state index >= 15 is 0 Å². The molecule has 1 N–H and O–H groups in total. The van der Waals surface area contributed by atoms with Crippen LogP contribution < -0.4 is 0 Å². The molecule has 2 rings (SSSR count). The Hall–Kier alpha value is -1.52. The molecule has 0 saturated heterocycles. The van der Waals surface area contributed by atoms with Crippen molar-refractivity contribution < 1.29 is 14.4 Å². The van der Waals surface area contributed by atoms with Crippen molar-refractivity contribution in [2.45, 2.75) is 110 Å². The summed E-state index contributed by atoms with van der Waals surface area (Å²) in [6, 6.07) is 9.54. The van der Waals surface area contributed by atoms with Crippen LogP contribution in [-0.2, 0) is 0 Å². The first kappa shape index (κ1) is 28.7. The van der Waals surface area contributed by atoms with Crippen molar-refractivity contribution in [1.82, 2.24) is 0 Å². The lowest BCUT2D eigenvalue weighted by Crippen LogP contribution is -2.55. The van der Waals surface area contributed by atoms with E-state index < -0.39 is 0 Å². The number of unbranched alkanes of at least 4 members (excludes halogenated alkanes) is 14. The molecule has 0 aromatic heterocycles. The molecule has 0 aliphatic carbocycles. The third-order valence-electron chi connectivity index (χ3n) is 7.44. The van der Waals surface area contributed by atoms with Crippen molar-refractivity contribution in [3.63, 3.8) is 0 Å². The minimum Gasteiger partial charge on any atom is -0.390 e. The highest BCUT2D eigenvalue weighted by Crippen LogP contribution is 2.22. The van der Waals surface area contributed by atoms with Gasteiger partial charge in [0.2, 0.25) is 5.78 Å². The zero-order valence-corrected chi connectivity index (χ0v) is 22.0. The summed E-state index contributed by atoms with van der Waals surface area (Å²) in [5, 5.41) is 9.72. The van der Waals surface area contributed by atoms with Gasteiger partial charge in [-0.2, -0.15) is 0 Å². The molecule has 0 fully saturated rings. The fourth-order valence-electron chi connectivity index (χ4n) is 5.29. The van der Waals surface area contributed by atoms with E-state index in [9.17, 15) is 9.90 Å². The van der Waals surface area contributed by atoms with Crippen LogP contribution in [0.25, 0.3) is 0 Å². The first-order valence-electron chi connectivity index (χ1n) is 14.3. The first-order chi connectivity index (χ1) is 16.7. The number of aliphatic hydroxyl groups excluding tert-OH is 1. The Morgan fingerprint density at radius 3 is 1.88 bits per heavy atom. The molecule has 1 aromatic carbocycles. The normalized spacial score (nSPS) is 17.8. The second-order valence-electron chi connectivity index (χ2n) is 10.3. The lowest BCUT2D eigenvalue weighted by molar-refractivity contribution is -0.828. The van der Waals surface area contributed by atoms with Gasteiger partial charge in [0.15, 0.2) is 5.84 Å². The summed E-state index contributed by atoms with van der Waals surface area (Å²) in [5.41, 5.74) is 0.760. The summed E-state index contributed by atoms with van der Waals surface area (Å²) in [6.45, 7) is 5.01. The van der Waals surface area contributed by atoms with Gasteiger partial charge in [0, 0.05) is 12.0 Å². The molecule has 0 spiro atoms. The minimum atomic E-state index is 0.0972. The summed E-state index contributed by atoms with van der Waals surface area (Å²) in [7, 11) is 0. The van der Waals surface area contributed by atoms with Crippen LogP contribution in [0.2, 0.25) is 0 Å². The van der Waals surface area contributed by atoms with Gasteiger partial charge in [-0.15, -0.1) is 0 Å². The Labute approximate surface area is 209 Å². The van der Waals surface area contributed by atoms with E-state index in [0.29, 0.717) is 17.6 Å². The van der Waals surface area contributed by atoms with Gasteiger partial charge in [-0.05, 0) is 6.42 Å². The molecule has 4 heteroatoms. The van der Waals surface area contributed by atoms with Crippen LogP contribution in [0.1, 0.15) is 120 Å². The fourth-order valence-corrected chi connectivity index (χ4v) is 5.29. The number of hydrogen-bond donors (Lipinski definition) is 1. The zero-order valence-electron chi connectivity index (χ0n) is 22.0. The number of amidine groups is 1. The molecule has 0 amide bonds. The van der Waals surface area contributed by atoms with E-state index in [-0.39, 0.29) is 12.4 Å². The number of quaternary nitrogens is 1. The molecular formula is C30H51N2O2+. The smallest absolute Gasteiger partial charge is 0.217 e. The van der Waals surface area contributed by atoms with Gasteiger partial charge in [-0.25, -0.2) is 4.99 Å². The SMILES string of the molecule is CCCCCCCCCCCCCCCCCC1=NCC[N+]1(CCO)CC(=O)c1ccccc1. The number of benzene rings is 1. The van der Waals surface area contributed by atoms with Crippen LogP contribution >= 0.6 is 0 Å². The molecule has 0 bridgehead atoms. The van der Waals surface area contributed by atoms with Gasteiger partial charge in [0.25, 0.3) is 0 Å². The Morgan fingerprint density at radius 1 is 0.824 bits per heavy atom. The number of aliphatic imine (C=N–C) groups is 1. The molecule has 1 heterocycles. The predicted octanol–water partition coefficient (Wildman–Crippen LogP) is 7.35. The van der Waals surface area contributed by atoms with Crippen LogP contribution in [0.15, 0.2) is 35.3 Å². The molecule has 192 valence electrons. The van der Waals surface area contributed by atoms with E-state index in [2.05, 4.69) is 6.92 Å². The average Bonchev–Trinajstić information content (AvgIpc) is 3.24. The first-order valence-corrected chi connectivity index (χ1v) is 14.3. The highest BCUT2D eigenvalue weighted by Gasteiger charge is 2.39. The van der Waals surface area contributed by atoms with Crippen LogP contribution in [0.5, 0.6) is 0 Å². The molecule has 34 heavy (non-hydrogen) atoms. The number of ketones is 1. The quantitative estimate of drug-likeness (QED) is 0.116. The van der Waals surface area contributed by atoms with Crippen molar-refractivity contribution in [1.29, 1.82) is 0 Å². The maximum Gasteiger partial charge on any atom is 0.217 e. The minimum absolute atomic E-state index is 0.0972. The number of rotatable bonds is 21. The molecule has 1 aromatic rings. The van der Waals surface area contributed by atoms with Gasteiger partial charge in [-0.3, -0.25) is 9.28 Å². The van der Waals surface area contributed by atoms with Gasteiger partial charge in [0.1, 0.15) is 19.6 Å². The fraction of sp³-hybridized carbons (Fsp3) is 0.733. The van der Waals surface area contributed by atoms with Crippen molar-refractivity contribution in [3.8, 4) is 0 Å². The third kappa shape index (κ3) is 10.8. The Bertz CT molecular complexity index is 688. The number of nitrogens with zero attached hydrogens (tertiary/aromatic N) is 2. The van der Waals surface area contributed by atoms with E-state index in [4.69, 9.17) is 4.99 Å². The maximum atomic E-state index is 12.9. The lowest BCUT2D eigenvalue weighted by Gasteiger charge is -2.33. The van der Waals surface area contributed by atoms with E-state index in [1.165, 1.54) is 89.9 Å². The molecule has 4 nitrogen and oxygen atoms in total. The summed E-state index contributed by atoms with van der Waals surface area (Å²) in [4.78, 5) is 17.7.